The van der Waals surface area contributed by atoms with Crippen molar-refractivity contribution in [2.45, 2.75) is 12.3 Å². The second-order valence-electron chi connectivity index (χ2n) is 7.14. The molecule has 1 aliphatic heterocycles. The summed E-state index contributed by atoms with van der Waals surface area (Å²) >= 11 is 3.55. The lowest BCUT2D eigenvalue weighted by Crippen LogP contribution is -2.05. The molecule has 1 aliphatic carbocycles. The predicted molar refractivity (Wildman–Crippen MR) is 112 cm³/mol. The third-order valence-electron chi connectivity index (χ3n) is 5.79. The molecule has 0 bridgehead atoms. The fourth-order valence-electron chi connectivity index (χ4n) is 4.70. The molecular weight excluding hydrogens is 382 g/mol. The number of nitrogens with zero attached hydrogens (tertiary/aromatic N) is 1. The predicted octanol–water partition coefficient (Wildman–Crippen LogP) is 6.78. The molecule has 2 aliphatic rings. The minimum Gasteiger partial charge on any atom is -0.312 e. The maximum absolute atomic E-state index is 3.55. The van der Waals surface area contributed by atoms with Crippen LogP contribution in [0, 0.1) is 0 Å². The zero-order chi connectivity index (χ0) is 17.3. The first kappa shape index (κ1) is 14.6. The highest BCUT2D eigenvalue weighted by atomic mass is 79.9. The number of hydrogen-bond donors (Lipinski definition) is 0. The minimum absolute atomic E-state index is 0.442. The number of benzene rings is 3. The lowest BCUT2D eigenvalue weighted by atomic mass is 9.81. The third kappa shape index (κ3) is 1.85. The molecule has 1 unspecified atom stereocenters. The van der Waals surface area contributed by atoms with Gasteiger partial charge < -0.3 is 4.57 Å². The van der Waals surface area contributed by atoms with Crippen LogP contribution in [0.3, 0.4) is 0 Å². The van der Waals surface area contributed by atoms with Gasteiger partial charge in [-0.2, -0.15) is 0 Å². The molecule has 0 saturated carbocycles. The van der Waals surface area contributed by atoms with Gasteiger partial charge in [0.1, 0.15) is 0 Å². The summed E-state index contributed by atoms with van der Waals surface area (Å²) in [6.07, 6.45) is 3.47. The van der Waals surface area contributed by atoms with Crippen LogP contribution in [0.4, 0.5) is 0 Å². The van der Waals surface area contributed by atoms with E-state index in [0.29, 0.717) is 5.92 Å². The van der Waals surface area contributed by atoms with E-state index in [4.69, 9.17) is 0 Å². The molecule has 3 aromatic carbocycles. The van der Waals surface area contributed by atoms with Crippen LogP contribution in [-0.2, 0) is 0 Å². The van der Waals surface area contributed by atoms with Crippen molar-refractivity contribution in [3.63, 3.8) is 0 Å². The molecule has 26 heavy (non-hydrogen) atoms. The third-order valence-corrected chi connectivity index (χ3v) is 6.32. The van der Waals surface area contributed by atoms with Crippen LogP contribution in [0.1, 0.15) is 34.7 Å². The molecule has 1 atom stereocenters. The molecule has 2 heterocycles. The highest BCUT2D eigenvalue weighted by Crippen LogP contribution is 2.51. The Kier molecular flexibility index (Phi) is 2.92. The highest BCUT2D eigenvalue weighted by molar-refractivity contribution is 9.10. The fraction of sp³-hybridized carbons (Fsp3) is 0.0833. The molecule has 124 valence electrons. The van der Waals surface area contributed by atoms with Gasteiger partial charge in [0.15, 0.2) is 0 Å². The monoisotopic (exact) mass is 397 g/mol. The van der Waals surface area contributed by atoms with Gasteiger partial charge >= 0.3 is 0 Å². The quantitative estimate of drug-likeness (QED) is 0.333. The smallest absolute Gasteiger partial charge is 0.0538 e. The molecule has 2 heteroatoms. The Morgan fingerprint density at radius 2 is 1.62 bits per heavy atom. The van der Waals surface area contributed by atoms with E-state index in [1.807, 2.05) is 0 Å². The maximum Gasteiger partial charge on any atom is 0.0538 e. The number of aromatic nitrogens is 1. The van der Waals surface area contributed by atoms with E-state index in [9.17, 15) is 0 Å². The second kappa shape index (κ2) is 5.21. The molecular formula is C24H16BrN. The van der Waals surface area contributed by atoms with E-state index in [1.54, 1.807) is 0 Å². The molecule has 4 aromatic rings. The zero-order valence-electron chi connectivity index (χ0n) is 14.1. The van der Waals surface area contributed by atoms with Gasteiger partial charge in [-0.25, -0.2) is 0 Å². The molecule has 0 saturated heterocycles. The zero-order valence-corrected chi connectivity index (χ0v) is 15.7. The van der Waals surface area contributed by atoms with Crippen LogP contribution >= 0.6 is 15.9 Å². The van der Waals surface area contributed by atoms with Crippen molar-refractivity contribution >= 4 is 38.5 Å². The summed E-state index contributed by atoms with van der Waals surface area (Å²) < 4.78 is 3.61. The first-order valence-electron chi connectivity index (χ1n) is 9.00. The van der Waals surface area contributed by atoms with Crippen molar-refractivity contribution in [2.75, 3.05) is 0 Å². The molecule has 0 N–H and O–H groups in total. The van der Waals surface area contributed by atoms with Crippen molar-refractivity contribution in [1.82, 2.24) is 4.57 Å². The molecule has 6 rings (SSSR count). The van der Waals surface area contributed by atoms with E-state index in [0.717, 1.165) is 10.9 Å². The van der Waals surface area contributed by atoms with E-state index in [2.05, 4.69) is 99.4 Å². The van der Waals surface area contributed by atoms with Gasteiger partial charge in [0.25, 0.3) is 0 Å². The Morgan fingerprint density at radius 3 is 2.50 bits per heavy atom. The number of fused-ring (bicyclic) bond motifs is 6. The van der Waals surface area contributed by atoms with Gasteiger partial charge in [-0.05, 0) is 53.5 Å². The van der Waals surface area contributed by atoms with Crippen LogP contribution in [-0.4, -0.2) is 4.57 Å². The lowest BCUT2D eigenvalue weighted by Gasteiger charge is -2.21. The molecule has 1 nitrogen and oxygen atoms in total. The summed E-state index contributed by atoms with van der Waals surface area (Å²) in [4.78, 5) is 0. The molecule has 1 aromatic heterocycles. The van der Waals surface area contributed by atoms with Gasteiger partial charge in [0.05, 0.1) is 5.52 Å². The summed E-state index contributed by atoms with van der Waals surface area (Å²) in [5, 5.41) is 1.36. The summed E-state index contributed by atoms with van der Waals surface area (Å²) in [5.74, 6) is 0.442. The maximum atomic E-state index is 3.55. The van der Waals surface area contributed by atoms with Gasteiger partial charge in [0, 0.05) is 32.7 Å². The van der Waals surface area contributed by atoms with Crippen LogP contribution in [0.5, 0.6) is 0 Å². The van der Waals surface area contributed by atoms with Gasteiger partial charge in [0.2, 0.25) is 0 Å². The largest absolute Gasteiger partial charge is 0.312 e. The minimum atomic E-state index is 0.442. The number of hydrogen-bond acceptors (Lipinski definition) is 0. The Hall–Kier alpha value is -2.58. The molecule has 0 radical (unpaired) electrons. The van der Waals surface area contributed by atoms with Crippen molar-refractivity contribution in [2.24, 2.45) is 0 Å². The first-order valence-corrected chi connectivity index (χ1v) is 9.80. The van der Waals surface area contributed by atoms with Crippen LogP contribution in [0.15, 0.2) is 77.3 Å². The summed E-state index contributed by atoms with van der Waals surface area (Å²) in [6.45, 7) is 0. The van der Waals surface area contributed by atoms with E-state index in [1.165, 1.54) is 44.5 Å². The molecule has 0 amide bonds. The topological polar surface area (TPSA) is 4.93 Å². The number of rotatable bonds is 1. The van der Waals surface area contributed by atoms with Crippen molar-refractivity contribution in [3.8, 4) is 5.69 Å². The van der Waals surface area contributed by atoms with Crippen molar-refractivity contribution in [3.05, 3.63) is 99.7 Å². The average molecular weight is 398 g/mol. The summed E-state index contributed by atoms with van der Waals surface area (Å²) in [6, 6.07) is 26.4. The summed E-state index contributed by atoms with van der Waals surface area (Å²) in [7, 11) is 0. The van der Waals surface area contributed by atoms with E-state index in [-0.39, 0.29) is 0 Å². The lowest BCUT2D eigenvalue weighted by molar-refractivity contribution is 0.832. The van der Waals surface area contributed by atoms with Crippen molar-refractivity contribution < 1.29 is 0 Å². The van der Waals surface area contributed by atoms with Crippen LogP contribution < -0.4 is 0 Å². The Labute approximate surface area is 160 Å². The van der Waals surface area contributed by atoms with Crippen LogP contribution in [0.25, 0.3) is 28.2 Å². The Morgan fingerprint density at radius 1 is 0.846 bits per heavy atom. The van der Waals surface area contributed by atoms with Gasteiger partial charge in [-0.15, -0.1) is 0 Å². The Bertz CT molecular complexity index is 1210. The Balaban J connectivity index is 1.67. The average Bonchev–Trinajstić information content (AvgIpc) is 3.20. The fourth-order valence-corrected chi connectivity index (χ4v) is 4.96. The summed E-state index contributed by atoms with van der Waals surface area (Å²) in [5.41, 5.74) is 9.73. The molecule has 0 spiro atoms. The van der Waals surface area contributed by atoms with E-state index < -0.39 is 0 Å². The molecule has 0 fully saturated rings. The number of allylic oxidation sites excluding steroid dienone is 1. The first-order chi connectivity index (χ1) is 12.8. The number of para-hydroxylation sites is 2. The van der Waals surface area contributed by atoms with Crippen molar-refractivity contribution in [1.29, 1.82) is 0 Å². The second-order valence-corrected chi connectivity index (χ2v) is 8.06. The van der Waals surface area contributed by atoms with Gasteiger partial charge in [-0.1, -0.05) is 64.5 Å². The van der Waals surface area contributed by atoms with Gasteiger partial charge in [-0.3, -0.25) is 0 Å². The SMILES string of the molecule is Brc1ccc(C2=Cc3c4n(c5ccccc35)-c3ccccc3C4C2)cc1. The standard InChI is InChI=1S/C24H16BrN/c25-17-11-9-15(10-12-17)16-13-20-18-5-1-3-7-22(18)26-23-8-4-2-6-19(23)21(14-16)24(20)26/h1-13,21H,14H2. The number of halogens is 1. The normalized spacial score (nSPS) is 17.1. The van der Waals surface area contributed by atoms with E-state index >= 15 is 0 Å². The van der Waals surface area contributed by atoms with Crippen LogP contribution in [0.2, 0.25) is 0 Å². The highest BCUT2D eigenvalue weighted by Gasteiger charge is 2.36.